The molecule has 220 valence electrons. The summed E-state index contributed by atoms with van der Waals surface area (Å²) in [5.74, 6) is -4.61. The van der Waals surface area contributed by atoms with E-state index in [1.54, 1.807) is 32.9 Å². The molecule has 1 aromatic heterocycles. The summed E-state index contributed by atoms with van der Waals surface area (Å²) in [6.45, 7) is 4.72. The highest BCUT2D eigenvalue weighted by molar-refractivity contribution is 7.95. The van der Waals surface area contributed by atoms with Gasteiger partial charge in [-0.2, -0.15) is 22.5 Å². The van der Waals surface area contributed by atoms with Crippen LogP contribution in [0.3, 0.4) is 0 Å². The molecule has 2 aliphatic rings. The Morgan fingerprint density at radius 3 is 2.49 bits per heavy atom. The minimum Gasteiger partial charge on any atom is -0.444 e. The van der Waals surface area contributed by atoms with Gasteiger partial charge in [-0.15, -0.1) is 0 Å². The zero-order valence-corrected chi connectivity index (χ0v) is 23.3. The number of nitrogens with one attached hydrogen (secondary N) is 2. The van der Waals surface area contributed by atoms with Crippen LogP contribution in [0.1, 0.15) is 38.0 Å². The molecule has 16 heteroatoms. The number of rotatable bonds is 5. The van der Waals surface area contributed by atoms with Gasteiger partial charge in [0, 0.05) is 5.02 Å². The summed E-state index contributed by atoms with van der Waals surface area (Å²) in [4.78, 5) is 29.6. The fraction of sp³-hybridized carbons (Fsp3) is 0.360. The standard InChI is InChI=1S/C25H23ClF4N4O6S/c1-24(2,3)39-23(36)31-16-11-41(37,38)22-18(19(16)35)13(8-12-4-6-14(26)7-5-12)9-15(20(27)33-22)21-32-17(34-40-21)10-25(28,29)30/h4-7,9,16,33H,8,10-11H2,1-3H3,(H,31,36)/t16-/m0/s1. The third-order valence-electron chi connectivity index (χ3n) is 5.64. The maximum absolute atomic E-state index is 15.5. The van der Waals surface area contributed by atoms with Crippen LogP contribution in [0.5, 0.6) is 0 Å². The second kappa shape index (κ2) is 10.9. The highest BCUT2D eigenvalue weighted by Gasteiger charge is 2.44. The van der Waals surface area contributed by atoms with Crippen LogP contribution in [-0.4, -0.2) is 54.0 Å². The van der Waals surface area contributed by atoms with Crippen molar-refractivity contribution < 1.29 is 44.8 Å². The second-order valence-electron chi connectivity index (χ2n) is 10.2. The largest absolute Gasteiger partial charge is 0.444 e. The van der Waals surface area contributed by atoms with E-state index in [-0.39, 0.29) is 12.0 Å². The zero-order chi connectivity index (χ0) is 30.3. The molecule has 1 aromatic carbocycles. The predicted molar refractivity (Wildman–Crippen MR) is 137 cm³/mol. The lowest BCUT2D eigenvalue weighted by Gasteiger charge is -2.28. The molecule has 10 nitrogen and oxygen atoms in total. The van der Waals surface area contributed by atoms with Gasteiger partial charge in [-0.05, 0) is 56.5 Å². The number of carbonyl (C=O) groups excluding carboxylic acids is 2. The lowest BCUT2D eigenvalue weighted by atomic mass is 9.91. The molecule has 3 heterocycles. The molecule has 0 saturated heterocycles. The van der Waals surface area contributed by atoms with Crippen molar-refractivity contribution in [1.82, 2.24) is 20.8 Å². The molecule has 0 unspecified atom stereocenters. The highest BCUT2D eigenvalue weighted by atomic mass is 35.5. The third kappa shape index (κ3) is 7.33. The SMILES string of the molecule is CC(C)(C)OC(=O)N[C@H]1CS(=O)(=O)C2=C(C1=O)C(Cc1ccc(Cl)cc1)=CC(c1nc(CC(F)(F)F)no1)=C(F)N2. The maximum Gasteiger partial charge on any atom is 0.408 e. The van der Waals surface area contributed by atoms with Crippen molar-refractivity contribution in [2.45, 2.75) is 51.4 Å². The Morgan fingerprint density at radius 2 is 1.88 bits per heavy atom. The van der Waals surface area contributed by atoms with Gasteiger partial charge in [-0.25, -0.2) is 13.2 Å². The summed E-state index contributed by atoms with van der Waals surface area (Å²) < 4.78 is 90.6. The van der Waals surface area contributed by atoms with Crippen molar-refractivity contribution in [2.75, 3.05) is 5.75 Å². The number of halogens is 5. The number of benzene rings is 1. The molecule has 0 radical (unpaired) electrons. The summed E-state index contributed by atoms with van der Waals surface area (Å²) in [6, 6.07) is 4.64. The monoisotopic (exact) mass is 618 g/mol. The first-order chi connectivity index (χ1) is 18.9. The van der Waals surface area contributed by atoms with E-state index in [4.69, 9.17) is 20.9 Å². The van der Waals surface area contributed by atoms with Crippen LogP contribution >= 0.6 is 11.6 Å². The van der Waals surface area contributed by atoms with E-state index in [0.717, 1.165) is 6.08 Å². The molecule has 1 amide bonds. The number of alkyl halides is 3. The second-order valence-corrected chi connectivity index (χ2v) is 12.6. The number of Topliss-reactive ketones (excluding diaryl/α,β-unsaturated/α-hetero) is 1. The van der Waals surface area contributed by atoms with Gasteiger partial charge in [0.15, 0.2) is 21.4 Å². The number of sulfone groups is 1. The molecule has 0 bridgehead atoms. The minimum absolute atomic E-state index is 0.0580. The fourth-order valence-electron chi connectivity index (χ4n) is 4.03. The van der Waals surface area contributed by atoms with Crippen LogP contribution in [0, 0.1) is 0 Å². The van der Waals surface area contributed by atoms with Crippen LogP contribution in [0.25, 0.3) is 5.57 Å². The molecule has 0 saturated carbocycles. The number of ketones is 1. The van der Waals surface area contributed by atoms with Crippen LogP contribution < -0.4 is 10.6 Å². The van der Waals surface area contributed by atoms with E-state index in [1.807, 2.05) is 0 Å². The van der Waals surface area contributed by atoms with E-state index in [0.29, 0.717) is 10.6 Å². The van der Waals surface area contributed by atoms with Crippen LogP contribution in [0.2, 0.25) is 5.02 Å². The Hall–Kier alpha value is -3.72. The van der Waals surface area contributed by atoms with Crippen LogP contribution in [0.4, 0.5) is 22.4 Å². The summed E-state index contributed by atoms with van der Waals surface area (Å²) in [6.07, 6.45) is -6.40. The fourth-order valence-corrected chi connectivity index (χ4v) is 5.78. The smallest absolute Gasteiger partial charge is 0.408 e. The van der Waals surface area contributed by atoms with Gasteiger partial charge in [0.05, 0.1) is 16.9 Å². The van der Waals surface area contributed by atoms with Crippen LogP contribution in [-0.2, 0) is 32.2 Å². The predicted octanol–water partition coefficient (Wildman–Crippen LogP) is 4.34. The number of aromatic nitrogens is 2. The van der Waals surface area contributed by atoms with Crippen molar-refractivity contribution in [3.8, 4) is 0 Å². The Kier molecular flexibility index (Phi) is 8.06. The average Bonchev–Trinajstić information content (AvgIpc) is 3.20. The summed E-state index contributed by atoms with van der Waals surface area (Å²) in [5, 5.41) is 7.15. The van der Waals surface area contributed by atoms with Crippen molar-refractivity contribution in [2.24, 2.45) is 0 Å². The van der Waals surface area contributed by atoms with E-state index in [9.17, 15) is 31.2 Å². The topological polar surface area (TPSA) is 140 Å². The van der Waals surface area contributed by atoms with Gasteiger partial charge in [0.25, 0.3) is 5.89 Å². The molecule has 41 heavy (non-hydrogen) atoms. The number of ether oxygens (including phenoxy) is 1. The van der Waals surface area contributed by atoms with Gasteiger partial charge < -0.3 is 19.9 Å². The zero-order valence-electron chi connectivity index (χ0n) is 21.7. The molecule has 0 aliphatic carbocycles. The average molecular weight is 619 g/mol. The Labute approximate surface area is 236 Å². The van der Waals surface area contributed by atoms with Gasteiger partial charge in [0.2, 0.25) is 5.95 Å². The number of alkyl carbamates (subject to hydrolysis) is 1. The van der Waals surface area contributed by atoms with Gasteiger partial charge in [0.1, 0.15) is 23.1 Å². The Bertz CT molecular complexity index is 1590. The van der Waals surface area contributed by atoms with Gasteiger partial charge in [-0.3, -0.25) is 4.79 Å². The van der Waals surface area contributed by atoms with Gasteiger partial charge >= 0.3 is 12.3 Å². The first-order valence-electron chi connectivity index (χ1n) is 11.9. The number of hydrogen-bond acceptors (Lipinski definition) is 9. The highest BCUT2D eigenvalue weighted by Crippen LogP contribution is 2.36. The minimum atomic E-state index is -4.68. The lowest BCUT2D eigenvalue weighted by Crippen LogP contribution is -2.51. The van der Waals surface area contributed by atoms with Crippen molar-refractivity contribution >= 4 is 38.9 Å². The van der Waals surface area contributed by atoms with Crippen molar-refractivity contribution in [3.05, 3.63) is 74.8 Å². The molecule has 2 aromatic rings. The van der Waals surface area contributed by atoms with E-state index in [2.05, 4.69) is 20.8 Å². The summed E-state index contributed by atoms with van der Waals surface area (Å²) in [5.41, 5.74) is -1.54. The van der Waals surface area contributed by atoms with Crippen molar-refractivity contribution in [1.29, 1.82) is 0 Å². The summed E-state index contributed by atoms with van der Waals surface area (Å²) >= 11 is 5.95. The quantitative estimate of drug-likeness (QED) is 0.370. The molecule has 1 atom stereocenters. The molecule has 2 N–H and O–H groups in total. The number of nitrogens with zero attached hydrogens (tertiary/aromatic N) is 2. The summed E-state index contributed by atoms with van der Waals surface area (Å²) in [7, 11) is -4.44. The van der Waals surface area contributed by atoms with E-state index < -0.39 is 85.5 Å². The number of allylic oxidation sites excluding steroid dienone is 3. The molecule has 0 fully saturated rings. The van der Waals surface area contributed by atoms with Gasteiger partial charge in [-0.1, -0.05) is 28.9 Å². The first kappa shape index (κ1) is 30.2. The number of carbonyl (C=O) groups is 2. The molecule has 4 rings (SSSR count). The third-order valence-corrected chi connectivity index (χ3v) is 7.59. The Balaban J connectivity index is 1.81. The maximum atomic E-state index is 15.5. The van der Waals surface area contributed by atoms with Crippen molar-refractivity contribution in [3.63, 3.8) is 0 Å². The lowest BCUT2D eigenvalue weighted by molar-refractivity contribution is -0.128. The number of hydrogen-bond donors (Lipinski definition) is 2. The normalized spacial score (nSPS) is 19.3. The molecule has 0 spiro atoms. The molecular weight excluding hydrogens is 596 g/mol. The number of amides is 1. The van der Waals surface area contributed by atoms with E-state index in [1.165, 1.54) is 12.1 Å². The van der Waals surface area contributed by atoms with Crippen LogP contribution in [0.15, 0.2) is 57.0 Å². The molecule has 2 aliphatic heterocycles. The first-order valence-corrected chi connectivity index (χ1v) is 14.0. The van der Waals surface area contributed by atoms with E-state index >= 15 is 4.39 Å². The molecular formula is C25H23ClF4N4O6S. The Morgan fingerprint density at radius 1 is 1.22 bits per heavy atom.